The number of carbonyl (C=O) groups is 1. The van der Waals surface area contributed by atoms with Crippen LogP contribution in [0, 0.1) is 0 Å². The Kier molecular flexibility index (Phi) is 5.26. The van der Waals surface area contributed by atoms with Crippen molar-refractivity contribution in [1.82, 2.24) is 25.2 Å². The van der Waals surface area contributed by atoms with Crippen LogP contribution in [-0.4, -0.2) is 59.0 Å². The first-order valence-electron chi connectivity index (χ1n) is 9.76. The number of pyridine rings is 1. The lowest BCUT2D eigenvalue weighted by atomic mass is 10.0. The first-order valence-corrected chi connectivity index (χ1v) is 9.76. The lowest BCUT2D eigenvalue weighted by Crippen LogP contribution is -2.37. The molecule has 8 heteroatoms. The maximum atomic E-state index is 12.2. The van der Waals surface area contributed by atoms with E-state index in [0.29, 0.717) is 40.1 Å². The number of nitrogens with two attached hydrogens (primary N) is 1. The lowest BCUT2D eigenvalue weighted by Gasteiger charge is -2.29. The Hall–Kier alpha value is -3.26. The van der Waals surface area contributed by atoms with E-state index in [-0.39, 0.29) is 5.91 Å². The van der Waals surface area contributed by atoms with Gasteiger partial charge in [-0.3, -0.25) is 4.79 Å². The highest BCUT2D eigenvalue weighted by Crippen LogP contribution is 2.26. The number of carbonyl (C=O) groups excluding carboxylic acids is 1. The first-order chi connectivity index (χ1) is 14.0. The van der Waals surface area contributed by atoms with E-state index in [2.05, 4.69) is 32.5 Å². The summed E-state index contributed by atoms with van der Waals surface area (Å²) in [4.78, 5) is 28.2. The molecule has 0 spiro atoms. The molecule has 0 bridgehead atoms. The molecule has 2 aromatic heterocycles. The lowest BCUT2D eigenvalue weighted by molar-refractivity contribution is 0.0963. The van der Waals surface area contributed by atoms with E-state index in [9.17, 15) is 4.79 Å². The van der Waals surface area contributed by atoms with Crippen molar-refractivity contribution in [3.05, 3.63) is 42.0 Å². The van der Waals surface area contributed by atoms with Gasteiger partial charge in [-0.2, -0.15) is 9.97 Å². The zero-order valence-corrected chi connectivity index (χ0v) is 16.6. The van der Waals surface area contributed by atoms with Gasteiger partial charge in [0.25, 0.3) is 5.91 Å². The second kappa shape index (κ2) is 8.00. The second-order valence-electron chi connectivity index (χ2n) is 7.35. The van der Waals surface area contributed by atoms with Crippen molar-refractivity contribution >= 4 is 28.7 Å². The molecule has 4 N–H and O–H groups in total. The number of piperidine rings is 1. The number of anilines is 2. The van der Waals surface area contributed by atoms with E-state index in [1.165, 1.54) is 0 Å². The van der Waals surface area contributed by atoms with Crippen molar-refractivity contribution in [2.75, 3.05) is 38.2 Å². The maximum absolute atomic E-state index is 12.2. The predicted octanol–water partition coefficient (Wildman–Crippen LogP) is 2.14. The molecule has 29 heavy (non-hydrogen) atoms. The van der Waals surface area contributed by atoms with Gasteiger partial charge in [-0.1, -0.05) is 18.2 Å². The molecule has 150 valence electrons. The number of hydrogen-bond donors (Lipinski definition) is 3. The van der Waals surface area contributed by atoms with Crippen LogP contribution in [0.2, 0.25) is 0 Å². The van der Waals surface area contributed by atoms with Crippen LogP contribution < -0.4 is 16.4 Å². The summed E-state index contributed by atoms with van der Waals surface area (Å²) in [5, 5.41) is 6.76. The van der Waals surface area contributed by atoms with Crippen molar-refractivity contribution in [3.63, 3.8) is 0 Å². The topological polar surface area (TPSA) is 109 Å². The number of nitrogen functional groups attached to an aromatic ring is 1. The number of hydrogen-bond acceptors (Lipinski definition) is 7. The summed E-state index contributed by atoms with van der Waals surface area (Å²) < 4.78 is 0. The monoisotopic (exact) mass is 391 g/mol. The van der Waals surface area contributed by atoms with E-state index in [0.717, 1.165) is 31.5 Å². The third-order valence-corrected chi connectivity index (χ3v) is 5.32. The fraction of sp³-hybridized carbons (Fsp3) is 0.333. The molecule has 1 aromatic carbocycles. The quantitative estimate of drug-likeness (QED) is 0.625. The minimum Gasteiger partial charge on any atom is -0.383 e. The van der Waals surface area contributed by atoms with Gasteiger partial charge < -0.3 is 21.3 Å². The van der Waals surface area contributed by atoms with Crippen LogP contribution in [0.25, 0.3) is 22.3 Å². The Morgan fingerprint density at radius 1 is 1.10 bits per heavy atom. The molecular formula is C21H25N7O. The van der Waals surface area contributed by atoms with E-state index >= 15 is 0 Å². The van der Waals surface area contributed by atoms with Gasteiger partial charge in [-0.05, 0) is 51.2 Å². The van der Waals surface area contributed by atoms with Crippen molar-refractivity contribution in [3.8, 4) is 11.3 Å². The maximum Gasteiger partial charge on any atom is 0.251 e. The van der Waals surface area contributed by atoms with E-state index in [1.54, 1.807) is 13.1 Å². The fourth-order valence-electron chi connectivity index (χ4n) is 3.62. The zero-order chi connectivity index (χ0) is 20.4. The summed E-state index contributed by atoms with van der Waals surface area (Å²) in [5.41, 5.74) is 8.66. The number of amides is 1. The number of fused-ring (bicyclic) bond motifs is 1. The summed E-state index contributed by atoms with van der Waals surface area (Å²) in [6.07, 6.45) is 2.07. The standard InChI is InChI=1S/C21H25N7O/c1-23-20(29)15-6-4-3-5-14(15)17-8-7-16-18(22)26-21(27-19(16)25-17)24-13-9-11-28(2)12-10-13/h3-8,13H,9-12H2,1-2H3,(H,23,29)(H3,22,24,25,26,27). The van der Waals surface area contributed by atoms with Crippen LogP contribution in [0.3, 0.4) is 0 Å². The number of nitrogens with zero attached hydrogens (tertiary/aromatic N) is 4. The molecule has 0 saturated carbocycles. The molecule has 1 aliphatic heterocycles. The summed E-state index contributed by atoms with van der Waals surface area (Å²) in [6, 6.07) is 11.4. The number of nitrogens with one attached hydrogen (secondary N) is 2. The molecule has 1 fully saturated rings. The Labute approximate surface area is 169 Å². The summed E-state index contributed by atoms with van der Waals surface area (Å²) in [6.45, 7) is 2.08. The van der Waals surface area contributed by atoms with Gasteiger partial charge in [0.2, 0.25) is 5.95 Å². The van der Waals surface area contributed by atoms with Crippen LogP contribution in [0.1, 0.15) is 23.2 Å². The van der Waals surface area contributed by atoms with Crippen LogP contribution in [0.15, 0.2) is 36.4 Å². The normalized spacial score (nSPS) is 15.4. The average Bonchev–Trinajstić information content (AvgIpc) is 2.74. The highest BCUT2D eigenvalue weighted by Gasteiger charge is 2.19. The van der Waals surface area contributed by atoms with Crippen LogP contribution >= 0.6 is 0 Å². The van der Waals surface area contributed by atoms with Gasteiger partial charge in [0.1, 0.15) is 5.82 Å². The van der Waals surface area contributed by atoms with Gasteiger partial charge in [0, 0.05) is 24.2 Å². The number of likely N-dealkylation sites (tertiary alicyclic amines) is 1. The van der Waals surface area contributed by atoms with Crippen LogP contribution in [-0.2, 0) is 0 Å². The largest absolute Gasteiger partial charge is 0.383 e. The van der Waals surface area contributed by atoms with Crippen LogP contribution in [0.5, 0.6) is 0 Å². The molecule has 4 rings (SSSR count). The smallest absolute Gasteiger partial charge is 0.251 e. The first kappa shape index (κ1) is 19.1. The van der Waals surface area contributed by atoms with Crippen molar-refractivity contribution in [2.24, 2.45) is 0 Å². The SMILES string of the molecule is CNC(=O)c1ccccc1-c1ccc2c(N)nc(NC3CCN(C)CC3)nc2n1. The molecule has 8 nitrogen and oxygen atoms in total. The molecule has 1 amide bonds. The van der Waals surface area contributed by atoms with Crippen LogP contribution in [0.4, 0.5) is 11.8 Å². The van der Waals surface area contributed by atoms with E-state index < -0.39 is 0 Å². The van der Waals surface area contributed by atoms with Crippen molar-refractivity contribution < 1.29 is 4.79 Å². The Morgan fingerprint density at radius 2 is 1.86 bits per heavy atom. The fourth-order valence-corrected chi connectivity index (χ4v) is 3.62. The van der Waals surface area contributed by atoms with Crippen molar-refractivity contribution in [2.45, 2.75) is 18.9 Å². The zero-order valence-electron chi connectivity index (χ0n) is 16.6. The predicted molar refractivity (Wildman–Crippen MR) is 115 cm³/mol. The minimum absolute atomic E-state index is 0.158. The molecule has 0 atom stereocenters. The van der Waals surface area contributed by atoms with Gasteiger partial charge in [-0.25, -0.2) is 4.98 Å². The molecule has 3 heterocycles. The Balaban J connectivity index is 1.69. The average molecular weight is 391 g/mol. The summed E-state index contributed by atoms with van der Waals surface area (Å²) >= 11 is 0. The summed E-state index contributed by atoms with van der Waals surface area (Å²) in [7, 11) is 3.74. The van der Waals surface area contributed by atoms with Gasteiger partial charge in [-0.15, -0.1) is 0 Å². The Morgan fingerprint density at radius 3 is 2.62 bits per heavy atom. The second-order valence-corrected chi connectivity index (χ2v) is 7.35. The van der Waals surface area contributed by atoms with Gasteiger partial charge >= 0.3 is 0 Å². The minimum atomic E-state index is -0.158. The highest BCUT2D eigenvalue weighted by atomic mass is 16.1. The molecule has 1 aliphatic rings. The number of aromatic nitrogens is 3. The van der Waals surface area contributed by atoms with E-state index in [4.69, 9.17) is 10.7 Å². The molecular weight excluding hydrogens is 366 g/mol. The number of benzene rings is 1. The summed E-state index contributed by atoms with van der Waals surface area (Å²) in [5.74, 6) is 0.729. The number of rotatable bonds is 4. The molecule has 3 aromatic rings. The third-order valence-electron chi connectivity index (χ3n) is 5.32. The highest BCUT2D eigenvalue weighted by molar-refractivity contribution is 6.01. The molecule has 0 unspecified atom stereocenters. The van der Waals surface area contributed by atoms with Crippen molar-refractivity contribution in [1.29, 1.82) is 0 Å². The Bertz CT molecular complexity index is 1040. The molecule has 1 saturated heterocycles. The van der Waals surface area contributed by atoms with Gasteiger partial charge in [0.05, 0.1) is 11.1 Å². The molecule has 0 aliphatic carbocycles. The molecule has 0 radical (unpaired) electrons. The van der Waals surface area contributed by atoms with E-state index in [1.807, 2.05) is 30.3 Å². The van der Waals surface area contributed by atoms with Gasteiger partial charge in [0.15, 0.2) is 5.65 Å². The third kappa shape index (κ3) is 3.97.